The first kappa shape index (κ1) is 12.0. The second-order valence-corrected chi connectivity index (χ2v) is 4.03. The molecule has 0 bridgehead atoms. The molecule has 1 heterocycles. The van der Waals surface area contributed by atoms with Crippen LogP contribution in [0, 0.1) is 5.21 Å². The fraction of sp³-hybridized carbons (Fsp3) is 0.167. The lowest BCUT2D eigenvalue weighted by atomic mass is 10.2. The molecule has 0 aliphatic rings. The highest BCUT2D eigenvalue weighted by Crippen LogP contribution is 2.14. The van der Waals surface area contributed by atoms with Gasteiger partial charge >= 0.3 is 5.95 Å². The molecule has 0 fully saturated rings. The average molecular weight is 245 g/mol. The van der Waals surface area contributed by atoms with Gasteiger partial charge in [0.2, 0.25) is 0 Å². The minimum atomic E-state index is -0.148. The Morgan fingerprint density at radius 1 is 1.28 bits per heavy atom. The van der Waals surface area contributed by atoms with Crippen LogP contribution in [0.15, 0.2) is 36.4 Å². The number of nitrogens with two attached hydrogens (primary N) is 2. The first-order valence-corrected chi connectivity index (χ1v) is 5.48. The SMILES string of the molecule is CN(Cc1ccccc1)c1cc(N)[n+]([O-])c(N)n1. The summed E-state index contributed by atoms with van der Waals surface area (Å²) in [6.07, 6.45) is 0. The first-order chi connectivity index (χ1) is 8.58. The van der Waals surface area contributed by atoms with E-state index in [1.165, 1.54) is 6.07 Å². The highest BCUT2D eigenvalue weighted by atomic mass is 16.5. The van der Waals surface area contributed by atoms with Crippen molar-refractivity contribution >= 4 is 17.6 Å². The number of anilines is 3. The highest BCUT2D eigenvalue weighted by molar-refractivity contribution is 5.46. The molecule has 0 aliphatic heterocycles. The summed E-state index contributed by atoms with van der Waals surface area (Å²) in [6, 6.07) is 11.4. The predicted octanol–water partition coefficient (Wildman–Crippen LogP) is 0.516. The van der Waals surface area contributed by atoms with Crippen LogP contribution in [0.25, 0.3) is 0 Å². The molecule has 4 N–H and O–H groups in total. The first-order valence-electron chi connectivity index (χ1n) is 5.48. The number of hydrogen-bond acceptors (Lipinski definition) is 5. The van der Waals surface area contributed by atoms with Crippen LogP contribution >= 0.6 is 0 Å². The summed E-state index contributed by atoms with van der Waals surface area (Å²) in [4.78, 5) is 5.88. The third-order valence-corrected chi connectivity index (χ3v) is 2.60. The van der Waals surface area contributed by atoms with Crippen molar-refractivity contribution in [1.29, 1.82) is 0 Å². The van der Waals surface area contributed by atoms with Gasteiger partial charge in [0.05, 0.1) is 6.07 Å². The number of nitrogens with zero attached hydrogens (tertiary/aromatic N) is 3. The van der Waals surface area contributed by atoms with Gasteiger partial charge in [-0.2, -0.15) is 0 Å². The molecular formula is C12H15N5O. The van der Waals surface area contributed by atoms with Gasteiger partial charge in [-0.15, -0.1) is 0 Å². The van der Waals surface area contributed by atoms with Gasteiger partial charge in [0.25, 0.3) is 0 Å². The molecule has 1 aromatic carbocycles. The normalized spacial score (nSPS) is 10.3. The maximum absolute atomic E-state index is 11.3. The fourth-order valence-electron chi connectivity index (χ4n) is 1.65. The molecule has 0 spiro atoms. The number of hydrogen-bond donors (Lipinski definition) is 2. The molecular weight excluding hydrogens is 230 g/mol. The number of aromatic nitrogens is 2. The van der Waals surface area contributed by atoms with Gasteiger partial charge in [0, 0.05) is 13.6 Å². The largest absolute Gasteiger partial charge is 0.754 e. The van der Waals surface area contributed by atoms with Crippen LogP contribution in [0.2, 0.25) is 0 Å². The summed E-state index contributed by atoms with van der Waals surface area (Å²) in [5, 5.41) is 11.3. The number of nitrogen functional groups attached to an aromatic ring is 2. The van der Waals surface area contributed by atoms with E-state index in [1.54, 1.807) is 0 Å². The molecule has 0 saturated carbocycles. The molecule has 6 nitrogen and oxygen atoms in total. The van der Waals surface area contributed by atoms with E-state index in [-0.39, 0.29) is 11.8 Å². The highest BCUT2D eigenvalue weighted by Gasteiger charge is 2.11. The van der Waals surface area contributed by atoms with Crippen LogP contribution in [0.4, 0.5) is 17.6 Å². The van der Waals surface area contributed by atoms with Gasteiger partial charge in [0.15, 0.2) is 11.6 Å². The zero-order valence-corrected chi connectivity index (χ0v) is 10.1. The zero-order valence-electron chi connectivity index (χ0n) is 10.1. The Morgan fingerprint density at radius 2 is 1.94 bits per heavy atom. The van der Waals surface area contributed by atoms with Gasteiger partial charge in [-0.25, -0.2) is 4.73 Å². The summed E-state index contributed by atoms with van der Waals surface area (Å²) < 4.78 is 0.403. The molecule has 0 atom stereocenters. The van der Waals surface area contributed by atoms with E-state index >= 15 is 0 Å². The van der Waals surface area contributed by atoms with Crippen LogP contribution in [-0.4, -0.2) is 12.0 Å². The second-order valence-electron chi connectivity index (χ2n) is 4.03. The number of benzene rings is 1. The molecule has 0 radical (unpaired) electrons. The predicted molar refractivity (Wildman–Crippen MR) is 70.6 cm³/mol. The summed E-state index contributed by atoms with van der Waals surface area (Å²) >= 11 is 0. The van der Waals surface area contributed by atoms with Crippen LogP contribution in [0.1, 0.15) is 5.56 Å². The quantitative estimate of drug-likeness (QED) is 0.607. The lowest BCUT2D eigenvalue weighted by Crippen LogP contribution is -2.36. The molecule has 0 aliphatic carbocycles. The monoisotopic (exact) mass is 245 g/mol. The van der Waals surface area contributed by atoms with E-state index in [9.17, 15) is 5.21 Å². The molecule has 2 aromatic rings. The van der Waals surface area contributed by atoms with Crippen molar-refractivity contribution in [3.63, 3.8) is 0 Å². The van der Waals surface area contributed by atoms with E-state index in [4.69, 9.17) is 11.5 Å². The molecule has 6 heteroatoms. The van der Waals surface area contributed by atoms with Crippen LogP contribution in [0.3, 0.4) is 0 Å². The summed E-state index contributed by atoms with van der Waals surface area (Å²) in [6.45, 7) is 0.662. The maximum Gasteiger partial charge on any atom is 0.346 e. The average Bonchev–Trinajstić information content (AvgIpc) is 2.36. The van der Waals surface area contributed by atoms with Crippen LogP contribution in [-0.2, 0) is 6.54 Å². The van der Waals surface area contributed by atoms with Crippen LogP contribution in [0.5, 0.6) is 0 Å². The van der Waals surface area contributed by atoms with E-state index in [1.807, 2.05) is 42.3 Å². The Bertz CT molecular complexity index is 520. The molecule has 0 unspecified atom stereocenters. The fourth-order valence-corrected chi connectivity index (χ4v) is 1.65. The number of rotatable bonds is 3. The molecule has 94 valence electrons. The lowest BCUT2D eigenvalue weighted by molar-refractivity contribution is -0.576. The van der Waals surface area contributed by atoms with Gasteiger partial charge in [-0.05, 0) is 5.56 Å². The van der Waals surface area contributed by atoms with Crippen molar-refractivity contribution in [3.8, 4) is 0 Å². The molecule has 18 heavy (non-hydrogen) atoms. The lowest BCUT2D eigenvalue weighted by Gasteiger charge is -2.18. The van der Waals surface area contributed by atoms with E-state index in [0.717, 1.165) is 5.56 Å². The molecule has 2 rings (SSSR count). The van der Waals surface area contributed by atoms with E-state index in [0.29, 0.717) is 17.1 Å². The Balaban J connectivity index is 2.22. The second kappa shape index (κ2) is 4.79. The summed E-state index contributed by atoms with van der Waals surface area (Å²) in [5.74, 6) is 0.461. The minimum absolute atomic E-state index is 0.0393. The van der Waals surface area contributed by atoms with Crippen molar-refractivity contribution in [1.82, 2.24) is 4.98 Å². The van der Waals surface area contributed by atoms with Gasteiger partial charge in [-0.1, -0.05) is 35.3 Å². The van der Waals surface area contributed by atoms with Crippen molar-refractivity contribution in [2.45, 2.75) is 6.54 Å². The van der Waals surface area contributed by atoms with Crippen molar-refractivity contribution in [3.05, 3.63) is 47.2 Å². The van der Waals surface area contributed by atoms with E-state index < -0.39 is 0 Å². The maximum atomic E-state index is 11.3. The Hall–Kier alpha value is -2.50. The van der Waals surface area contributed by atoms with Crippen LogP contribution < -0.4 is 21.1 Å². The van der Waals surface area contributed by atoms with Crippen molar-refractivity contribution in [2.24, 2.45) is 0 Å². The Kier molecular flexibility index (Phi) is 3.18. The Morgan fingerprint density at radius 3 is 2.56 bits per heavy atom. The van der Waals surface area contributed by atoms with E-state index in [2.05, 4.69) is 4.98 Å². The van der Waals surface area contributed by atoms with Gasteiger partial charge in [-0.3, -0.25) is 0 Å². The summed E-state index contributed by atoms with van der Waals surface area (Å²) in [5.41, 5.74) is 12.2. The minimum Gasteiger partial charge on any atom is -0.754 e. The zero-order chi connectivity index (χ0) is 13.1. The smallest absolute Gasteiger partial charge is 0.346 e. The molecule has 0 saturated heterocycles. The standard InChI is InChI=1S/C12H15N5O/c1-16(8-9-5-3-2-4-6-9)11-7-10(13)17(18)12(14)15-11/h2-7H,8,13H2,1H3,(H2,14,15). The molecule has 0 amide bonds. The Labute approximate surface area is 105 Å². The molecule has 1 aromatic heterocycles. The van der Waals surface area contributed by atoms with Crippen molar-refractivity contribution < 1.29 is 4.73 Å². The van der Waals surface area contributed by atoms with Gasteiger partial charge in [0.1, 0.15) is 0 Å². The third kappa shape index (κ3) is 2.42. The topological polar surface area (TPSA) is 95.1 Å². The van der Waals surface area contributed by atoms with Gasteiger partial charge < -0.3 is 21.6 Å². The van der Waals surface area contributed by atoms with Crippen molar-refractivity contribution in [2.75, 3.05) is 23.4 Å². The third-order valence-electron chi connectivity index (χ3n) is 2.60. The summed E-state index contributed by atoms with van der Waals surface area (Å²) in [7, 11) is 1.86.